The molecule has 2 aromatic rings. The summed E-state index contributed by atoms with van der Waals surface area (Å²) < 4.78 is 5.75. The molecule has 46 heavy (non-hydrogen) atoms. The van der Waals surface area contributed by atoms with Gasteiger partial charge in [-0.3, -0.25) is 28.8 Å². The van der Waals surface area contributed by atoms with Crippen LogP contribution in [0.5, 0.6) is 5.75 Å². The fourth-order valence-electron chi connectivity index (χ4n) is 6.78. The third-order valence-electron chi connectivity index (χ3n) is 9.76. The second-order valence-corrected chi connectivity index (χ2v) is 13.3. The van der Waals surface area contributed by atoms with Crippen LogP contribution in [0, 0.1) is 23.2 Å². The van der Waals surface area contributed by atoms with Crippen LogP contribution in [0.3, 0.4) is 0 Å². The number of rotatable bonds is 12. The molecule has 242 valence electrons. The molecule has 4 fully saturated rings. The number of hydrogen-bond acceptors (Lipinski definition) is 7. The van der Waals surface area contributed by atoms with Crippen molar-refractivity contribution in [3.63, 3.8) is 0 Å². The third kappa shape index (κ3) is 6.61. The smallest absolute Gasteiger partial charge is 0.289 e. The fraction of sp³-hybridized carbons (Fsp3) is 0.471. The number of Topliss-reactive ketones (excluding diaryl/α,β-unsaturated/α-hetero) is 1. The number of ether oxygens (including phenoxy) is 1. The number of hydrogen-bond donors (Lipinski definition) is 4. The first-order valence-electron chi connectivity index (χ1n) is 15.8. The van der Waals surface area contributed by atoms with Crippen LogP contribution in [0.15, 0.2) is 54.6 Å². The van der Waals surface area contributed by atoms with Gasteiger partial charge in [0.1, 0.15) is 11.8 Å². The Hall–Kier alpha value is -4.74. The fourth-order valence-corrected chi connectivity index (χ4v) is 6.78. The van der Waals surface area contributed by atoms with Crippen LogP contribution in [0.1, 0.15) is 49.9 Å². The number of carbonyl (C=O) groups excluding carboxylic acids is 6. The summed E-state index contributed by atoms with van der Waals surface area (Å²) in [6.07, 6.45) is 2.11. The van der Waals surface area contributed by atoms with Gasteiger partial charge in [-0.1, -0.05) is 32.0 Å². The van der Waals surface area contributed by atoms with E-state index in [9.17, 15) is 28.8 Å². The summed E-state index contributed by atoms with van der Waals surface area (Å²) in [5.74, 6) is -3.09. The molecule has 2 aliphatic heterocycles. The first kappa shape index (κ1) is 31.3. The molecular formula is C34H39N5O7. The van der Waals surface area contributed by atoms with Gasteiger partial charge in [-0.2, -0.15) is 0 Å². The van der Waals surface area contributed by atoms with E-state index in [1.54, 1.807) is 36.4 Å². The molecule has 2 heterocycles. The highest BCUT2D eigenvalue weighted by Gasteiger charge is 2.69. The highest BCUT2D eigenvalue weighted by molar-refractivity contribution is 6.38. The molecule has 5 atom stereocenters. The molecule has 0 spiro atoms. The summed E-state index contributed by atoms with van der Waals surface area (Å²) in [7, 11) is 0. The lowest BCUT2D eigenvalue weighted by Crippen LogP contribution is -2.56. The molecule has 4 aliphatic rings. The van der Waals surface area contributed by atoms with Crippen molar-refractivity contribution in [2.45, 2.75) is 57.7 Å². The summed E-state index contributed by atoms with van der Waals surface area (Å²) in [4.78, 5) is 79.6. The Kier molecular flexibility index (Phi) is 8.54. The standard InChI is InChI=1S/C34H39N5O7/c1-34(2)24-17-39(26(40)18-46-23-12-8-19(9-13-23)31(43)36-21-6-4-3-5-7-21)28(27(24)34)32(44)38-25(16-20-14-15-35-30(20)42)29(41)33(45)37-22-10-11-22/h3-9,12-13,20,22,24-25,27-28H,10-11,14-18H2,1-2H3,(H,35,42)(H,36,43)(H,37,45)(H,38,44)/t20-,24-,25-,27-,28-/m0/s1. The maximum atomic E-state index is 13.9. The minimum absolute atomic E-state index is 0.00905. The normalized spacial score (nSPS) is 24.7. The quantitative estimate of drug-likeness (QED) is 0.260. The number of amides is 5. The first-order valence-corrected chi connectivity index (χ1v) is 15.8. The van der Waals surface area contributed by atoms with E-state index in [-0.39, 0.29) is 48.1 Å². The number of nitrogens with one attached hydrogen (secondary N) is 4. The number of nitrogens with zero attached hydrogens (tertiary/aromatic N) is 1. The minimum Gasteiger partial charge on any atom is -0.484 e. The second-order valence-electron chi connectivity index (χ2n) is 13.3. The van der Waals surface area contributed by atoms with Gasteiger partial charge in [0.15, 0.2) is 6.61 Å². The van der Waals surface area contributed by atoms with Gasteiger partial charge in [-0.05, 0) is 79.3 Å². The molecule has 2 aromatic carbocycles. The molecule has 6 rings (SSSR count). The zero-order chi connectivity index (χ0) is 32.6. The monoisotopic (exact) mass is 629 g/mol. The third-order valence-corrected chi connectivity index (χ3v) is 9.76. The molecule has 0 radical (unpaired) electrons. The summed E-state index contributed by atoms with van der Waals surface area (Å²) in [6.45, 7) is 4.60. The molecule has 0 bridgehead atoms. The zero-order valence-electron chi connectivity index (χ0n) is 25.9. The highest BCUT2D eigenvalue weighted by atomic mass is 16.5. The van der Waals surface area contributed by atoms with E-state index in [0.29, 0.717) is 36.5 Å². The predicted molar refractivity (Wildman–Crippen MR) is 166 cm³/mol. The maximum Gasteiger partial charge on any atom is 0.289 e. The molecule has 5 amide bonds. The number of likely N-dealkylation sites (tertiary alicyclic amines) is 1. The average Bonchev–Trinajstić information content (AvgIpc) is 3.81. The summed E-state index contributed by atoms with van der Waals surface area (Å²) in [6, 6.07) is 13.4. The van der Waals surface area contributed by atoms with Gasteiger partial charge in [-0.15, -0.1) is 0 Å². The van der Waals surface area contributed by atoms with Crippen molar-refractivity contribution in [2.75, 3.05) is 25.0 Å². The van der Waals surface area contributed by atoms with Crippen molar-refractivity contribution >= 4 is 41.0 Å². The summed E-state index contributed by atoms with van der Waals surface area (Å²) in [5.41, 5.74) is 0.917. The number of fused-ring (bicyclic) bond motifs is 1. The Morgan fingerprint density at radius 1 is 1.00 bits per heavy atom. The van der Waals surface area contributed by atoms with Crippen molar-refractivity contribution in [3.05, 3.63) is 60.2 Å². The van der Waals surface area contributed by atoms with Crippen LogP contribution in [-0.4, -0.2) is 78.0 Å². The number of carbonyl (C=O) groups is 6. The molecule has 2 aliphatic carbocycles. The van der Waals surface area contributed by atoms with Gasteiger partial charge in [0.25, 0.3) is 17.7 Å². The van der Waals surface area contributed by atoms with Crippen LogP contribution >= 0.6 is 0 Å². The topological polar surface area (TPSA) is 163 Å². The Bertz CT molecular complexity index is 1540. The van der Waals surface area contributed by atoms with Crippen molar-refractivity contribution in [2.24, 2.45) is 23.2 Å². The first-order chi connectivity index (χ1) is 22.0. The van der Waals surface area contributed by atoms with Crippen molar-refractivity contribution in [3.8, 4) is 5.75 Å². The van der Waals surface area contributed by atoms with Crippen molar-refractivity contribution in [1.82, 2.24) is 20.9 Å². The Morgan fingerprint density at radius 3 is 2.37 bits per heavy atom. The number of piperidine rings is 1. The lowest BCUT2D eigenvalue weighted by Gasteiger charge is -2.31. The Labute approximate surface area is 267 Å². The SMILES string of the molecule is CC1(C)[C@@H]2[C@@H](C(=O)N[C@@H](C[C@@H]3CCNC3=O)C(=O)C(=O)NC3CC3)N(C(=O)COc3ccc(C(=O)Nc4ccccc4)cc3)C[C@@H]21. The molecule has 0 aromatic heterocycles. The van der Waals surface area contributed by atoms with Crippen LogP contribution < -0.4 is 26.0 Å². The molecule has 2 saturated heterocycles. The van der Waals surface area contributed by atoms with Crippen LogP contribution in [-0.2, 0) is 24.0 Å². The Morgan fingerprint density at radius 2 is 1.72 bits per heavy atom. The number of ketones is 1. The van der Waals surface area contributed by atoms with Gasteiger partial charge in [0.2, 0.25) is 17.6 Å². The lowest BCUT2D eigenvalue weighted by atomic mass is 9.94. The predicted octanol–water partition coefficient (Wildman–Crippen LogP) is 1.66. The largest absolute Gasteiger partial charge is 0.484 e. The van der Waals surface area contributed by atoms with Gasteiger partial charge in [0.05, 0.1) is 6.04 Å². The highest BCUT2D eigenvalue weighted by Crippen LogP contribution is 2.64. The van der Waals surface area contributed by atoms with Crippen molar-refractivity contribution in [1.29, 1.82) is 0 Å². The summed E-state index contributed by atoms with van der Waals surface area (Å²) >= 11 is 0. The maximum absolute atomic E-state index is 13.9. The number of anilines is 1. The van der Waals surface area contributed by atoms with Crippen molar-refractivity contribution < 1.29 is 33.5 Å². The summed E-state index contributed by atoms with van der Waals surface area (Å²) in [5, 5.41) is 11.0. The van der Waals surface area contributed by atoms with Gasteiger partial charge >= 0.3 is 0 Å². The van der Waals surface area contributed by atoms with E-state index >= 15 is 0 Å². The molecule has 12 nitrogen and oxygen atoms in total. The van der Waals surface area contributed by atoms with Crippen LogP contribution in [0.4, 0.5) is 5.69 Å². The van der Waals surface area contributed by atoms with E-state index in [1.807, 2.05) is 32.0 Å². The average molecular weight is 630 g/mol. The molecule has 4 N–H and O–H groups in total. The minimum atomic E-state index is -1.19. The van der Waals surface area contributed by atoms with E-state index in [0.717, 1.165) is 12.8 Å². The van der Waals surface area contributed by atoms with E-state index in [1.165, 1.54) is 4.90 Å². The van der Waals surface area contributed by atoms with E-state index in [4.69, 9.17) is 4.74 Å². The van der Waals surface area contributed by atoms with Gasteiger partial charge in [0, 0.05) is 36.3 Å². The van der Waals surface area contributed by atoms with Gasteiger partial charge in [-0.25, -0.2) is 0 Å². The van der Waals surface area contributed by atoms with Crippen LogP contribution in [0.25, 0.3) is 0 Å². The molecular weight excluding hydrogens is 590 g/mol. The molecule has 2 saturated carbocycles. The van der Waals surface area contributed by atoms with E-state index < -0.39 is 41.5 Å². The second kappa shape index (κ2) is 12.6. The lowest BCUT2D eigenvalue weighted by molar-refractivity contribution is -0.144. The molecule has 0 unspecified atom stereocenters. The molecule has 12 heteroatoms. The van der Waals surface area contributed by atoms with E-state index in [2.05, 4.69) is 21.3 Å². The van der Waals surface area contributed by atoms with Gasteiger partial charge < -0.3 is 30.9 Å². The number of para-hydroxylation sites is 1. The Balaban J connectivity index is 1.10. The van der Waals surface area contributed by atoms with Crippen LogP contribution in [0.2, 0.25) is 0 Å². The number of benzene rings is 2. The zero-order valence-corrected chi connectivity index (χ0v) is 25.9.